The fourth-order valence-corrected chi connectivity index (χ4v) is 6.01. The third-order valence-corrected chi connectivity index (χ3v) is 7.70. The predicted octanol–water partition coefficient (Wildman–Crippen LogP) is 3.33. The van der Waals surface area contributed by atoms with Gasteiger partial charge in [0.1, 0.15) is 0 Å². The first kappa shape index (κ1) is 19.3. The molecule has 30 heavy (non-hydrogen) atoms. The van der Waals surface area contributed by atoms with Crippen molar-refractivity contribution in [3.05, 3.63) is 66.2 Å². The van der Waals surface area contributed by atoms with E-state index in [2.05, 4.69) is 59.2 Å². The second kappa shape index (κ2) is 7.24. The van der Waals surface area contributed by atoms with Gasteiger partial charge in [-0.25, -0.2) is 0 Å². The van der Waals surface area contributed by atoms with E-state index in [9.17, 15) is 9.59 Å². The largest absolute Gasteiger partial charge is 0.364 e. The maximum absolute atomic E-state index is 13.1. The van der Waals surface area contributed by atoms with Crippen LogP contribution in [0.5, 0.6) is 0 Å². The highest BCUT2D eigenvalue weighted by molar-refractivity contribution is 6.07. The van der Waals surface area contributed by atoms with Crippen LogP contribution in [0.25, 0.3) is 0 Å². The molecule has 156 valence electrons. The molecule has 3 saturated heterocycles. The number of carbonyl (C=O) groups excluding carboxylic acids is 2. The quantitative estimate of drug-likeness (QED) is 0.738. The van der Waals surface area contributed by atoms with Crippen LogP contribution in [0.3, 0.4) is 0 Å². The smallest absolute Gasteiger partial charge is 0.235 e. The number of piperidine rings is 1. The molecule has 1 spiro atoms. The molecule has 3 atom stereocenters. The molecule has 0 unspecified atom stereocenters. The summed E-state index contributed by atoms with van der Waals surface area (Å²) in [4.78, 5) is 32.2. The molecule has 2 amide bonds. The predicted molar refractivity (Wildman–Crippen MR) is 117 cm³/mol. The molecule has 3 fully saturated rings. The van der Waals surface area contributed by atoms with Crippen molar-refractivity contribution in [2.75, 3.05) is 31.6 Å². The van der Waals surface area contributed by atoms with Gasteiger partial charge in [-0.3, -0.25) is 19.4 Å². The Morgan fingerprint density at radius 1 is 0.900 bits per heavy atom. The van der Waals surface area contributed by atoms with E-state index in [4.69, 9.17) is 0 Å². The average Bonchev–Trinajstić information content (AvgIpc) is 3.23. The number of anilines is 1. The molecule has 3 aliphatic rings. The highest BCUT2D eigenvalue weighted by atomic mass is 16.2. The molecule has 5 heteroatoms. The van der Waals surface area contributed by atoms with E-state index >= 15 is 0 Å². The Hall–Kier alpha value is -2.66. The Bertz CT molecular complexity index is 937. The lowest BCUT2D eigenvalue weighted by atomic mass is 9.74. The summed E-state index contributed by atoms with van der Waals surface area (Å²) < 4.78 is 0. The number of rotatable bonds is 3. The van der Waals surface area contributed by atoms with E-state index in [1.807, 2.05) is 18.2 Å². The van der Waals surface area contributed by atoms with Crippen LogP contribution in [0.2, 0.25) is 0 Å². The standard InChI is InChI=1S/C25H29N3O2/c1-18(19-9-5-3-6-10-19)27-15-13-25(14-16-27)22-21(23(29)26(2)24(22)30)17-28(25)20-11-7-4-8-12-20/h3-12,18,21-22H,13-17H2,1-2H3/t18-,21+,22-/m1/s1. The van der Waals surface area contributed by atoms with Crippen LogP contribution in [0, 0.1) is 11.8 Å². The summed E-state index contributed by atoms with van der Waals surface area (Å²) >= 11 is 0. The molecule has 5 nitrogen and oxygen atoms in total. The van der Waals surface area contributed by atoms with Crippen LogP contribution in [-0.2, 0) is 9.59 Å². The van der Waals surface area contributed by atoms with E-state index in [1.165, 1.54) is 10.5 Å². The Labute approximate surface area is 178 Å². The van der Waals surface area contributed by atoms with Crippen LogP contribution in [0.4, 0.5) is 5.69 Å². The zero-order valence-electron chi connectivity index (χ0n) is 17.7. The second-order valence-corrected chi connectivity index (χ2v) is 8.99. The highest BCUT2D eigenvalue weighted by Gasteiger charge is 2.64. The lowest BCUT2D eigenvalue weighted by Gasteiger charge is -2.49. The fraction of sp³-hybridized carbons (Fsp3) is 0.440. The third kappa shape index (κ3) is 2.79. The fourth-order valence-electron chi connectivity index (χ4n) is 6.01. The van der Waals surface area contributed by atoms with Crippen molar-refractivity contribution in [2.45, 2.75) is 31.3 Å². The Balaban J connectivity index is 1.45. The minimum atomic E-state index is -0.281. The lowest BCUT2D eigenvalue weighted by Crippen LogP contribution is -2.57. The molecule has 5 rings (SSSR count). The van der Waals surface area contributed by atoms with Gasteiger partial charge in [-0.05, 0) is 37.5 Å². The minimum absolute atomic E-state index is 0.00740. The summed E-state index contributed by atoms with van der Waals surface area (Å²) in [7, 11) is 1.65. The third-order valence-electron chi connectivity index (χ3n) is 7.70. The molecular weight excluding hydrogens is 374 g/mol. The molecule has 0 N–H and O–H groups in total. The summed E-state index contributed by atoms with van der Waals surface area (Å²) in [5.74, 6) is -0.457. The van der Waals surface area contributed by atoms with Gasteiger partial charge in [-0.1, -0.05) is 48.5 Å². The van der Waals surface area contributed by atoms with Crippen molar-refractivity contribution >= 4 is 17.5 Å². The SMILES string of the molecule is C[C@H](c1ccccc1)N1CCC2(CC1)[C@H]1C(=O)N(C)C(=O)[C@H]1CN2c1ccccc1. The van der Waals surface area contributed by atoms with E-state index in [1.54, 1.807) is 7.05 Å². The summed E-state index contributed by atoms with van der Waals surface area (Å²) in [5.41, 5.74) is 2.17. The van der Waals surface area contributed by atoms with Crippen LogP contribution in [0.15, 0.2) is 60.7 Å². The topological polar surface area (TPSA) is 43.9 Å². The molecule has 3 heterocycles. The van der Waals surface area contributed by atoms with Crippen molar-refractivity contribution in [3.63, 3.8) is 0 Å². The van der Waals surface area contributed by atoms with Crippen molar-refractivity contribution in [2.24, 2.45) is 11.8 Å². The first-order valence-electron chi connectivity index (χ1n) is 11.0. The Morgan fingerprint density at radius 2 is 1.50 bits per heavy atom. The van der Waals surface area contributed by atoms with Crippen LogP contribution in [0.1, 0.15) is 31.4 Å². The van der Waals surface area contributed by atoms with Gasteiger partial charge in [0, 0.05) is 38.4 Å². The molecule has 0 saturated carbocycles. The molecule has 0 aliphatic carbocycles. The van der Waals surface area contributed by atoms with E-state index < -0.39 is 0 Å². The minimum Gasteiger partial charge on any atom is -0.364 e. The van der Waals surface area contributed by atoms with Crippen molar-refractivity contribution in [3.8, 4) is 0 Å². The summed E-state index contributed by atoms with van der Waals surface area (Å²) in [6, 6.07) is 21.3. The summed E-state index contributed by atoms with van der Waals surface area (Å²) in [6.45, 7) is 4.75. The van der Waals surface area contributed by atoms with Gasteiger partial charge in [0.2, 0.25) is 11.8 Å². The zero-order valence-corrected chi connectivity index (χ0v) is 17.7. The maximum atomic E-state index is 13.1. The molecular formula is C25H29N3O2. The van der Waals surface area contributed by atoms with Gasteiger partial charge < -0.3 is 4.90 Å². The normalized spacial score (nSPS) is 27.0. The van der Waals surface area contributed by atoms with Gasteiger partial charge in [0.05, 0.1) is 17.4 Å². The van der Waals surface area contributed by atoms with Crippen LogP contribution in [-0.4, -0.2) is 53.8 Å². The van der Waals surface area contributed by atoms with E-state index in [-0.39, 0.29) is 29.2 Å². The molecule has 0 aromatic heterocycles. The number of imide groups is 1. The van der Waals surface area contributed by atoms with Crippen LogP contribution < -0.4 is 4.90 Å². The van der Waals surface area contributed by atoms with Crippen molar-refractivity contribution in [1.29, 1.82) is 0 Å². The van der Waals surface area contributed by atoms with Gasteiger partial charge in [0.15, 0.2) is 0 Å². The monoisotopic (exact) mass is 403 g/mol. The lowest BCUT2D eigenvalue weighted by molar-refractivity contribution is -0.139. The maximum Gasteiger partial charge on any atom is 0.235 e. The van der Waals surface area contributed by atoms with Gasteiger partial charge in [0.25, 0.3) is 0 Å². The number of fused-ring (bicyclic) bond motifs is 2. The van der Waals surface area contributed by atoms with Gasteiger partial charge in [-0.2, -0.15) is 0 Å². The van der Waals surface area contributed by atoms with Crippen molar-refractivity contribution < 1.29 is 9.59 Å². The molecule has 2 aromatic carbocycles. The van der Waals surface area contributed by atoms with Gasteiger partial charge >= 0.3 is 0 Å². The number of hydrogen-bond donors (Lipinski definition) is 0. The Kier molecular flexibility index (Phi) is 4.66. The first-order valence-corrected chi connectivity index (χ1v) is 11.0. The number of hydrogen-bond acceptors (Lipinski definition) is 4. The number of para-hydroxylation sites is 1. The number of nitrogens with zero attached hydrogens (tertiary/aromatic N) is 3. The second-order valence-electron chi connectivity index (χ2n) is 8.99. The molecule has 3 aliphatic heterocycles. The van der Waals surface area contributed by atoms with E-state index in [0.717, 1.165) is 31.6 Å². The number of carbonyl (C=O) groups is 2. The van der Waals surface area contributed by atoms with Crippen LogP contribution >= 0.6 is 0 Å². The summed E-state index contributed by atoms with van der Waals surface area (Å²) in [6.07, 6.45) is 1.79. The average molecular weight is 404 g/mol. The highest BCUT2D eigenvalue weighted by Crippen LogP contribution is 2.51. The first-order chi connectivity index (χ1) is 14.5. The number of benzene rings is 2. The van der Waals surface area contributed by atoms with Crippen molar-refractivity contribution in [1.82, 2.24) is 9.80 Å². The molecule has 0 radical (unpaired) electrons. The number of amides is 2. The number of likely N-dealkylation sites (tertiary alicyclic amines) is 2. The van der Waals surface area contributed by atoms with Gasteiger partial charge in [-0.15, -0.1) is 0 Å². The molecule has 0 bridgehead atoms. The summed E-state index contributed by atoms with van der Waals surface area (Å²) in [5, 5.41) is 0. The zero-order chi connectivity index (χ0) is 20.9. The molecule has 2 aromatic rings. The Morgan fingerprint density at radius 3 is 2.13 bits per heavy atom. The van der Waals surface area contributed by atoms with E-state index in [0.29, 0.717) is 12.6 Å².